The number of anilines is 4. The van der Waals surface area contributed by atoms with Crippen molar-refractivity contribution in [2.75, 3.05) is 23.1 Å². The van der Waals surface area contributed by atoms with Crippen LogP contribution in [0.2, 0.25) is 0 Å². The lowest BCUT2D eigenvalue weighted by atomic mass is 10.1. The van der Waals surface area contributed by atoms with Gasteiger partial charge in [-0.15, -0.1) is 20.4 Å². The second kappa shape index (κ2) is 15.2. The largest absolute Gasteiger partial charge is 0.492 e. The minimum Gasteiger partial charge on any atom is -0.492 e. The lowest BCUT2D eigenvalue weighted by Crippen LogP contribution is -2.19. The third-order valence-electron chi connectivity index (χ3n) is 9.43. The Morgan fingerprint density at radius 2 is 1.45 bits per heavy atom. The molecule has 2 amide bonds. The number of fused-ring (bicyclic) bond motifs is 2. The Bertz CT molecular complexity index is 2820. The summed E-state index contributed by atoms with van der Waals surface area (Å²) in [6.07, 6.45) is 10.0. The normalized spacial score (nSPS) is 13.5. The van der Waals surface area contributed by atoms with Crippen LogP contribution in [0, 0.1) is 18.8 Å². The zero-order valence-electron chi connectivity index (χ0n) is 32.0. The molecule has 294 valence electrons. The molecule has 58 heavy (non-hydrogen) atoms. The molecule has 2 fully saturated rings. The van der Waals surface area contributed by atoms with E-state index < -0.39 is 0 Å². The highest BCUT2D eigenvalue weighted by atomic mass is 16.5. The van der Waals surface area contributed by atoms with Crippen molar-refractivity contribution in [1.82, 2.24) is 64.8 Å². The molecule has 7 aromatic heterocycles. The molecule has 0 unspecified atom stereocenters. The van der Waals surface area contributed by atoms with Gasteiger partial charge in [0, 0.05) is 68.5 Å². The smallest absolute Gasteiger partial charge is 0.286 e. The van der Waals surface area contributed by atoms with E-state index in [0.29, 0.717) is 45.4 Å². The van der Waals surface area contributed by atoms with Crippen molar-refractivity contribution in [3.8, 4) is 28.3 Å². The van der Waals surface area contributed by atoms with Gasteiger partial charge >= 0.3 is 0 Å². The lowest BCUT2D eigenvalue weighted by molar-refractivity contribution is -0.118. The van der Waals surface area contributed by atoms with Gasteiger partial charge in [-0.05, 0) is 44.7 Å². The average Bonchev–Trinajstić information content (AvgIpc) is 4.15. The van der Waals surface area contributed by atoms with E-state index in [1.807, 2.05) is 13.0 Å². The zero-order chi connectivity index (χ0) is 40.7. The van der Waals surface area contributed by atoms with Gasteiger partial charge in [0.15, 0.2) is 40.0 Å². The number of methoxy groups -OCH3 is 1. The van der Waals surface area contributed by atoms with Crippen LogP contribution in [0.25, 0.3) is 39.2 Å². The van der Waals surface area contributed by atoms with Crippen molar-refractivity contribution >= 4 is 57.4 Å². The number of rotatable bonds is 10. The monoisotopic (exact) mass is 784 g/mol. The number of pyridine rings is 2. The van der Waals surface area contributed by atoms with Crippen molar-refractivity contribution < 1.29 is 19.1 Å². The highest BCUT2D eigenvalue weighted by molar-refractivity contribution is 6.00. The fourth-order valence-electron chi connectivity index (χ4n) is 6.07. The molecule has 3 N–H and O–H groups in total. The average molecular weight is 785 g/mol. The number of ether oxygens (including phenoxy) is 1. The van der Waals surface area contributed by atoms with Gasteiger partial charge < -0.3 is 20.7 Å². The summed E-state index contributed by atoms with van der Waals surface area (Å²) in [5, 5.41) is 41.3. The number of carbonyl (C=O) groups is 3. The molecule has 7 aromatic rings. The van der Waals surface area contributed by atoms with Crippen molar-refractivity contribution in [2.24, 2.45) is 25.9 Å². The maximum absolute atomic E-state index is 12.9. The number of aryl methyl sites for hydroxylation is 2. The first-order valence-corrected chi connectivity index (χ1v) is 18.2. The molecule has 0 aromatic carbocycles. The van der Waals surface area contributed by atoms with Crippen molar-refractivity contribution in [1.29, 1.82) is 0 Å². The topological polar surface area (TPSA) is 257 Å². The van der Waals surface area contributed by atoms with E-state index >= 15 is 0 Å². The van der Waals surface area contributed by atoms with Gasteiger partial charge in [-0.2, -0.15) is 30.0 Å². The number of hydrogen-bond acceptors (Lipinski definition) is 16. The summed E-state index contributed by atoms with van der Waals surface area (Å²) in [7, 11) is 4.96. The van der Waals surface area contributed by atoms with E-state index in [1.54, 1.807) is 57.1 Å². The fraction of sp³-hybridized carbons (Fsp3) is 0.297. The van der Waals surface area contributed by atoms with Crippen molar-refractivity contribution in [3.05, 3.63) is 70.7 Å². The standard InChI is InChI=1S/C19H20N8O2.C18H16N8O3/c1-10-13(15-9-21-27(3)26-15)6-7-20-18(10)22-14-8-16(23-19(29)12-4-5-12)24-25-17(14)11(2)28;1-25-19-8-12(24-25)10-5-6-26-16(15(10)29-2)20-11-7-13(21-17(27)9-3-4-9)22-23-14(11)18(26)28/h6-9,12H,4-5H2,1-3H3,(H2,20,22,23,24,29);5-9H,3-4H2,1-2H3,(H,21,22,27). The minimum atomic E-state index is -0.387. The second-order valence-corrected chi connectivity index (χ2v) is 13.8. The molecule has 0 radical (unpaired) electrons. The van der Waals surface area contributed by atoms with E-state index in [-0.39, 0.29) is 57.8 Å². The first-order chi connectivity index (χ1) is 28.0. The summed E-state index contributed by atoms with van der Waals surface area (Å²) in [6.45, 7) is 3.31. The summed E-state index contributed by atoms with van der Waals surface area (Å²) in [6, 6.07) is 6.70. The number of hydrogen-bond donors (Lipinski definition) is 3. The second-order valence-electron chi connectivity index (χ2n) is 13.8. The zero-order valence-corrected chi connectivity index (χ0v) is 32.0. The predicted molar refractivity (Wildman–Crippen MR) is 208 cm³/mol. The van der Waals surface area contributed by atoms with Gasteiger partial charge in [0.05, 0.1) is 30.8 Å². The van der Waals surface area contributed by atoms with Crippen LogP contribution < -0.4 is 26.2 Å². The van der Waals surface area contributed by atoms with Crippen LogP contribution >= 0.6 is 0 Å². The van der Waals surface area contributed by atoms with E-state index in [9.17, 15) is 19.2 Å². The summed E-state index contributed by atoms with van der Waals surface area (Å²) in [4.78, 5) is 60.8. The number of ketones is 1. The van der Waals surface area contributed by atoms with Crippen LogP contribution in [-0.2, 0) is 23.7 Å². The molecule has 2 aliphatic carbocycles. The number of Topliss-reactive ketones (excluding diaryl/α,β-unsaturated/α-hetero) is 1. The van der Waals surface area contributed by atoms with Gasteiger partial charge in [-0.25, -0.2) is 9.97 Å². The molecule has 2 saturated carbocycles. The van der Waals surface area contributed by atoms with E-state index in [0.717, 1.165) is 36.8 Å². The number of carbonyl (C=O) groups excluding carboxylic acids is 3. The highest BCUT2D eigenvalue weighted by Gasteiger charge is 2.31. The maximum Gasteiger partial charge on any atom is 0.286 e. The molecule has 0 bridgehead atoms. The molecular formula is C37H36N16O5. The molecule has 21 heteroatoms. The fourth-order valence-corrected chi connectivity index (χ4v) is 6.07. The van der Waals surface area contributed by atoms with Crippen LogP contribution in [0.5, 0.6) is 5.75 Å². The molecule has 0 spiro atoms. The predicted octanol–water partition coefficient (Wildman–Crippen LogP) is 3.06. The first kappa shape index (κ1) is 37.3. The Morgan fingerprint density at radius 3 is 2.03 bits per heavy atom. The van der Waals surface area contributed by atoms with Crippen molar-refractivity contribution in [3.63, 3.8) is 0 Å². The van der Waals surface area contributed by atoms with E-state index in [1.165, 1.54) is 28.0 Å². The van der Waals surface area contributed by atoms with Gasteiger partial charge in [0.1, 0.15) is 22.7 Å². The summed E-state index contributed by atoms with van der Waals surface area (Å²) < 4.78 is 6.90. The Hall–Kier alpha value is -7.58. The Labute approximate surface area is 328 Å². The van der Waals surface area contributed by atoms with Crippen LogP contribution in [0.3, 0.4) is 0 Å². The number of nitrogens with zero attached hydrogens (tertiary/aromatic N) is 13. The van der Waals surface area contributed by atoms with Crippen LogP contribution in [0.15, 0.2) is 53.8 Å². The quantitative estimate of drug-likeness (QED) is 0.133. The first-order valence-electron chi connectivity index (χ1n) is 18.2. The molecule has 7 heterocycles. The maximum atomic E-state index is 12.9. The molecule has 0 atom stereocenters. The van der Waals surface area contributed by atoms with Crippen molar-refractivity contribution in [2.45, 2.75) is 39.5 Å². The third-order valence-corrected chi connectivity index (χ3v) is 9.43. The molecule has 9 rings (SSSR count). The third kappa shape index (κ3) is 7.63. The number of aromatic nitrogens is 13. The molecule has 0 aliphatic heterocycles. The van der Waals surface area contributed by atoms with Crippen LogP contribution in [-0.4, -0.2) is 89.5 Å². The van der Waals surface area contributed by atoms with E-state index in [2.05, 4.69) is 66.7 Å². The molecule has 2 aliphatic rings. The van der Waals surface area contributed by atoms with Gasteiger partial charge in [0.25, 0.3) is 5.56 Å². The molecule has 0 saturated heterocycles. The van der Waals surface area contributed by atoms with E-state index in [4.69, 9.17) is 4.74 Å². The Kier molecular flexibility index (Phi) is 9.76. The molecule has 21 nitrogen and oxygen atoms in total. The number of nitrogens with one attached hydrogen (secondary N) is 3. The van der Waals surface area contributed by atoms with Crippen LogP contribution in [0.4, 0.5) is 23.1 Å². The van der Waals surface area contributed by atoms with Gasteiger partial charge in [0.2, 0.25) is 11.8 Å². The van der Waals surface area contributed by atoms with Crippen LogP contribution in [0.1, 0.15) is 48.7 Å². The Morgan fingerprint density at radius 1 is 0.828 bits per heavy atom. The lowest BCUT2D eigenvalue weighted by Gasteiger charge is -2.13. The molecular weight excluding hydrogens is 749 g/mol. The summed E-state index contributed by atoms with van der Waals surface area (Å²) in [5.74, 6) is 1.11. The summed E-state index contributed by atoms with van der Waals surface area (Å²) >= 11 is 0. The minimum absolute atomic E-state index is 0.0253. The summed E-state index contributed by atoms with van der Waals surface area (Å²) in [5.41, 5.74) is 4.57. The number of amides is 2. The SMILES string of the molecule is CC(=O)c1nnc(NC(=O)C2CC2)cc1Nc1nccc(-c2cnn(C)n2)c1C.COc1c(-c2cnn(C)n2)ccn2c(=O)c3nnc(NC(=O)C4CC4)cc3nc12. The highest BCUT2D eigenvalue weighted by Crippen LogP contribution is 2.34. The van der Waals surface area contributed by atoms with Gasteiger partial charge in [-0.1, -0.05) is 0 Å². The Balaban J connectivity index is 0.000000162. The van der Waals surface area contributed by atoms with Gasteiger partial charge in [-0.3, -0.25) is 23.6 Å².